The fourth-order valence-corrected chi connectivity index (χ4v) is 2.33. The fourth-order valence-electron chi connectivity index (χ4n) is 1.92. The molecule has 1 aliphatic heterocycles. The summed E-state index contributed by atoms with van der Waals surface area (Å²) in [6, 6.07) is 0. The third-order valence-electron chi connectivity index (χ3n) is 2.77. The van der Waals surface area contributed by atoms with Crippen molar-refractivity contribution in [2.24, 2.45) is 11.7 Å². The van der Waals surface area contributed by atoms with Gasteiger partial charge in [-0.2, -0.15) is 0 Å². The highest BCUT2D eigenvalue weighted by atomic mass is 32.2. The monoisotopic (exact) mass is 220 g/mol. The molecule has 4 nitrogen and oxygen atoms in total. The second-order valence-corrected chi connectivity index (χ2v) is 4.97. The van der Waals surface area contributed by atoms with Gasteiger partial charge in [-0.25, -0.2) is 4.21 Å². The van der Waals surface area contributed by atoms with E-state index in [4.69, 9.17) is 10.3 Å². The number of rotatable bonds is 4. The van der Waals surface area contributed by atoms with Crippen molar-refractivity contribution in [3.63, 3.8) is 0 Å². The minimum Gasteiger partial charge on any atom is -0.330 e. The van der Waals surface area contributed by atoms with E-state index >= 15 is 0 Å². The zero-order chi connectivity index (χ0) is 10.4. The predicted molar refractivity (Wildman–Crippen MR) is 58.5 cm³/mol. The predicted octanol–water partition coefficient (Wildman–Crippen LogP) is 0.269. The van der Waals surface area contributed by atoms with Crippen LogP contribution in [0.4, 0.5) is 0 Å². The van der Waals surface area contributed by atoms with Crippen LogP contribution in [-0.2, 0) is 11.1 Å². The number of hydrogen-bond acceptors (Lipinski definition) is 3. The van der Waals surface area contributed by atoms with E-state index in [0.29, 0.717) is 11.7 Å². The molecule has 1 aliphatic rings. The molecule has 0 bridgehead atoms. The molecule has 1 saturated heterocycles. The molecule has 2 unspecified atom stereocenters. The van der Waals surface area contributed by atoms with Crippen molar-refractivity contribution in [2.45, 2.75) is 19.3 Å². The molecule has 1 fully saturated rings. The quantitative estimate of drug-likeness (QED) is 0.667. The van der Waals surface area contributed by atoms with Crippen LogP contribution in [-0.4, -0.2) is 45.6 Å². The number of nitrogens with zero attached hydrogens (tertiary/aromatic N) is 1. The molecule has 2 atom stereocenters. The topological polar surface area (TPSA) is 66.6 Å². The van der Waals surface area contributed by atoms with Crippen molar-refractivity contribution < 1.29 is 8.76 Å². The van der Waals surface area contributed by atoms with E-state index in [0.717, 1.165) is 26.2 Å². The summed E-state index contributed by atoms with van der Waals surface area (Å²) in [5.74, 6) is 0.932. The van der Waals surface area contributed by atoms with E-state index in [1.165, 1.54) is 19.3 Å². The summed E-state index contributed by atoms with van der Waals surface area (Å²) >= 11 is -1.66. The van der Waals surface area contributed by atoms with Gasteiger partial charge in [0.1, 0.15) is 0 Å². The van der Waals surface area contributed by atoms with Crippen molar-refractivity contribution in [3.8, 4) is 0 Å². The smallest absolute Gasteiger partial charge is 0.154 e. The zero-order valence-electron chi connectivity index (χ0n) is 8.52. The summed E-state index contributed by atoms with van der Waals surface area (Å²) in [6.45, 7) is 3.50. The minimum absolute atomic E-state index is 0.358. The van der Waals surface area contributed by atoms with E-state index in [1.54, 1.807) is 0 Å². The van der Waals surface area contributed by atoms with Gasteiger partial charge in [-0.1, -0.05) is 6.42 Å². The minimum atomic E-state index is -1.66. The molecule has 0 aromatic heterocycles. The first-order chi connectivity index (χ1) is 6.72. The average Bonchev–Trinajstić information content (AvgIpc) is 2.39. The highest BCUT2D eigenvalue weighted by molar-refractivity contribution is 7.79. The molecule has 1 rings (SSSR count). The highest BCUT2D eigenvalue weighted by Gasteiger charge is 2.16. The van der Waals surface area contributed by atoms with Gasteiger partial charge in [0.25, 0.3) is 0 Å². The lowest BCUT2D eigenvalue weighted by Crippen LogP contribution is -2.34. The lowest BCUT2D eigenvalue weighted by atomic mass is 10.0. The van der Waals surface area contributed by atoms with Crippen LogP contribution in [0.3, 0.4) is 0 Å². The van der Waals surface area contributed by atoms with Gasteiger partial charge < -0.3 is 15.2 Å². The van der Waals surface area contributed by atoms with Gasteiger partial charge in [0, 0.05) is 13.1 Å². The van der Waals surface area contributed by atoms with E-state index in [1.807, 2.05) is 0 Å². The maximum atomic E-state index is 10.5. The Morgan fingerprint density at radius 3 is 2.93 bits per heavy atom. The molecule has 14 heavy (non-hydrogen) atoms. The highest BCUT2D eigenvalue weighted by Crippen LogP contribution is 2.14. The van der Waals surface area contributed by atoms with Crippen molar-refractivity contribution in [2.75, 3.05) is 31.9 Å². The van der Waals surface area contributed by atoms with Crippen molar-refractivity contribution in [1.82, 2.24) is 4.90 Å². The molecule has 3 N–H and O–H groups in total. The van der Waals surface area contributed by atoms with Crippen LogP contribution in [0.25, 0.3) is 0 Å². The Kier molecular flexibility index (Phi) is 5.62. The third-order valence-corrected chi connectivity index (χ3v) is 3.30. The van der Waals surface area contributed by atoms with Crippen LogP contribution in [0.2, 0.25) is 0 Å². The summed E-state index contributed by atoms with van der Waals surface area (Å²) in [5.41, 5.74) is 5.65. The Morgan fingerprint density at radius 2 is 2.29 bits per heavy atom. The normalized spacial score (nSPS) is 27.1. The average molecular weight is 220 g/mol. The van der Waals surface area contributed by atoms with E-state index in [2.05, 4.69) is 4.90 Å². The van der Waals surface area contributed by atoms with Crippen LogP contribution in [0, 0.1) is 5.92 Å². The summed E-state index contributed by atoms with van der Waals surface area (Å²) in [5, 5.41) is 0. The molecule has 0 aromatic carbocycles. The van der Waals surface area contributed by atoms with Gasteiger partial charge in [0.15, 0.2) is 11.1 Å². The first kappa shape index (κ1) is 12.1. The Bertz CT molecular complexity index is 190. The first-order valence-electron chi connectivity index (χ1n) is 5.22. The first-order valence-corrected chi connectivity index (χ1v) is 6.50. The maximum absolute atomic E-state index is 10.5. The van der Waals surface area contributed by atoms with Crippen LogP contribution >= 0.6 is 0 Å². The Morgan fingerprint density at radius 1 is 1.50 bits per heavy atom. The van der Waals surface area contributed by atoms with E-state index in [-0.39, 0.29) is 0 Å². The van der Waals surface area contributed by atoms with Gasteiger partial charge >= 0.3 is 0 Å². The fraction of sp³-hybridized carbons (Fsp3) is 1.00. The largest absolute Gasteiger partial charge is 0.330 e. The molecule has 0 amide bonds. The summed E-state index contributed by atoms with van der Waals surface area (Å²) in [6.07, 6.45) is 3.63. The zero-order valence-corrected chi connectivity index (χ0v) is 9.34. The molecular formula is C9H20N2O2S. The van der Waals surface area contributed by atoms with Crippen LogP contribution in [0.15, 0.2) is 0 Å². The molecule has 84 valence electrons. The second kappa shape index (κ2) is 6.50. The van der Waals surface area contributed by atoms with Crippen LogP contribution in [0.5, 0.6) is 0 Å². The summed E-state index contributed by atoms with van der Waals surface area (Å²) in [4.78, 5) is 2.26. The van der Waals surface area contributed by atoms with Gasteiger partial charge in [0.05, 0.1) is 5.75 Å². The van der Waals surface area contributed by atoms with E-state index < -0.39 is 11.1 Å². The number of likely N-dealkylation sites (tertiary alicyclic amines) is 1. The molecule has 1 heterocycles. The Hall–Kier alpha value is 0.0300. The number of hydrogen-bond donors (Lipinski definition) is 2. The molecular weight excluding hydrogens is 200 g/mol. The van der Waals surface area contributed by atoms with E-state index in [9.17, 15) is 4.21 Å². The lowest BCUT2D eigenvalue weighted by Gasteiger charge is -2.22. The lowest BCUT2D eigenvalue weighted by molar-refractivity contribution is 0.264. The Balaban J connectivity index is 2.31. The second-order valence-electron chi connectivity index (χ2n) is 3.92. The van der Waals surface area contributed by atoms with Crippen LogP contribution < -0.4 is 5.73 Å². The van der Waals surface area contributed by atoms with Gasteiger partial charge in [-0.3, -0.25) is 0 Å². The summed E-state index contributed by atoms with van der Waals surface area (Å²) in [7, 11) is 0. The summed E-state index contributed by atoms with van der Waals surface area (Å²) < 4.78 is 19.2. The van der Waals surface area contributed by atoms with Crippen molar-refractivity contribution in [1.29, 1.82) is 0 Å². The standard InChI is InChI=1S/C9H20N2O2S/c10-7-9-3-1-2-4-11(8-9)5-6-14(12)13/h9H,1-8,10H2,(H,12,13). The molecule has 0 aromatic rings. The van der Waals surface area contributed by atoms with Gasteiger partial charge in [-0.05, 0) is 31.8 Å². The molecule has 0 spiro atoms. The van der Waals surface area contributed by atoms with Crippen molar-refractivity contribution >= 4 is 11.1 Å². The van der Waals surface area contributed by atoms with Crippen molar-refractivity contribution in [3.05, 3.63) is 0 Å². The number of nitrogens with two attached hydrogens (primary N) is 1. The SMILES string of the molecule is NCC1CCCCN(CCS(=O)O)C1. The maximum Gasteiger partial charge on any atom is 0.154 e. The molecule has 0 radical (unpaired) electrons. The third kappa shape index (κ3) is 4.50. The van der Waals surface area contributed by atoms with Gasteiger partial charge in [-0.15, -0.1) is 0 Å². The Labute approximate surface area is 88.1 Å². The van der Waals surface area contributed by atoms with Gasteiger partial charge in [0.2, 0.25) is 0 Å². The van der Waals surface area contributed by atoms with Crippen LogP contribution in [0.1, 0.15) is 19.3 Å². The molecule has 0 saturated carbocycles. The molecule has 5 heteroatoms. The molecule has 0 aliphatic carbocycles.